The molecule has 156 valence electrons. The molecule has 1 fully saturated rings. The van der Waals surface area contributed by atoms with E-state index >= 15 is 0 Å². The van der Waals surface area contributed by atoms with E-state index in [0.29, 0.717) is 28.6 Å². The van der Waals surface area contributed by atoms with Crippen LogP contribution in [0.2, 0.25) is 0 Å². The molecule has 1 aromatic carbocycles. The van der Waals surface area contributed by atoms with Gasteiger partial charge in [0.1, 0.15) is 10.9 Å². The Bertz CT molecular complexity index is 868. The molecule has 1 aliphatic heterocycles. The zero-order valence-electron chi connectivity index (χ0n) is 16.5. The number of thioether (sulfide) groups is 1. The van der Waals surface area contributed by atoms with Crippen LogP contribution in [0.1, 0.15) is 19.4 Å². The molecule has 1 unspecified atom stereocenters. The number of hydrogen-bond acceptors (Lipinski definition) is 7. The van der Waals surface area contributed by atoms with E-state index in [1.54, 1.807) is 45.3 Å². The first-order valence-electron chi connectivity index (χ1n) is 8.75. The van der Waals surface area contributed by atoms with E-state index in [1.807, 2.05) is 6.92 Å². The van der Waals surface area contributed by atoms with Gasteiger partial charge in [0.15, 0.2) is 17.6 Å². The highest BCUT2D eigenvalue weighted by molar-refractivity contribution is 8.26. The monoisotopic (exact) mass is 438 g/mol. The average molecular weight is 439 g/mol. The lowest BCUT2D eigenvalue weighted by Crippen LogP contribution is -2.35. The Balaban J connectivity index is 2.27. The fraction of sp³-hybridized carbons (Fsp3) is 0.368. The summed E-state index contributed by atoms with van der Waals surface area (Å²) in [6.45, 7) is 3.38. The van der Waals surface area contributed by atoms with Crippen molar-refractivity contribution in [2.45, 2.75) is 20.0 Å². The Morgan fingerprint density at radius 1 is 1.34 bits per heavy atom. The maximum atomic E-state index is 12.4. The lowest BCUT2D eigenvalue weighted by Gasteiger charge is -2.20. The third kappa shape index (κ3) is 5.70. The quantitative estimate of drug-likeness (QED) is 0.488. The van der Waals surface area contributed by atoms with Gasteiger partial charge in [-0.05, 0) is 37.6 Å². The van der Waals surface area contributed by atoms with Gasteiger partial charge < -0.3 is 19.5 Å². The van der Waals surface area contributed by atoms with Crippen LogP contribution in [0.25, 0.3) is 6.08 Å². The minimum atomic E-state index is -1.14. The van der Waals surface area contributed by atoms with Gasteiger partial charge in [0.25, 0.3) is 11.8 Å². The van der Waals surface area contributed by atoms with Gasteiger partial charge in [-0.3, -0.25) is 19.3 Å². The van der Waals surface area contributed by atoms with Crippen molar-refractivity contribution in [3.63, 3.8) is 0 Å². The summed E-state index contributed by atoms with van der Waals surface area (Å²) >= 11 is 6.14. The lowest BCUT2D eigenvalue weighted by molar-refractivity contribution is -0.140. The van der Waals surface area contributed by atoms with Crippen molar-refractivity contribution in [2.24, 2.45) is 0 Å². The van der Waals surface area contributed by atoms with Crippen molar-refractivity contribution >= 4 is 52.2 Å². The van der Waals surface area contributed by atoms with Crippen molar-refractivity contribution < 1.29 is 29.0 Å². The SMILES string of the molecule is CCOc1cc(/C=C2\SC(=S)N(CC(=O)O)C2=O)ccc1OC(C)C(=O)N(C)C. The zero-order chi connectivity index (χ0) is 21.7. The average Bonchev–Trinajstić information content (AvgIpc) is 2.90. The molecule has 0 saturated carbocycles. The molecule has 0 aliphatic carbocycles. The molecule has 0 spiro atoms. The molecule has 29 heavy (non-hydrogen) atoms. The summed E-state index contributed by atoms with van der Waals surface area (Å²) in [6.07, 6.45) is 0.921. The van der Waals surface area contributed by atoms with Crippen molar-refractivity contribution in [1.29, 1.82) is 0 Å². The summed E-state index contributed by atoms with van der Waals surface area (Å²) in [5.74, 6) is -0.931. The van der Waals surface area contributed by atoms with E-state index in [1.165, 1.54) is 4.90 Å². The van der Waals surface area contributed by atoms with E-state index in [4.69, 9.17) is 26.8 Å². The van der Waals surface area contributed by atoms with Crippen molar-refractivity contribution in [1.82, 2.24) is 9.80 Å². The van der Waals surface area contributed by atoms with E-state index in [2.05, 4.69) is 0 Å². The number of carbonyl (C=O) groups is 3. The molecule has 1 N–H and O–H groups in total. The number of rotatable bonds is 8. The van der Waals surface area contributed by atoms with Gasteiger partial charge >= 0.3 is 5.97 Å². The highest BCUT2D eigenvalue weighted by Gasteiger charge is 2.33. The summed E-state index contributed by atoms with van der Waals surface area (Å²) in [6, 6.07) is 5.07. The largest absolute Gasteiger partial charge is 0.490 e. The summed E-state index contributed by atoms with van der Waals surface area (Å²) < 4.78 is 11.6. The predicted molar refractivity (Wildman–Crippen MR) is 114 cm³/mol. The summed E-state index contributed by atoms with van der Waals surface area (Å²) in [5.41, 5.74) is 0.656. The van der Waals surface area contributed by atoms with E-state index in [9.17, 15) is 14.4 Å². The van der Waals surface area contributed by atoms with E-state index < -0.39 is 24.5 Å². The van der Waals surface area contributed by atoms with Gasteiger partial charge in [0.2, 0.25) is 0 Å². The van der Waals surface area contributed by atoms with Crippen LogP contribution in [0.5, 0.6) is 11.5 Å². The number of amides is 2. The molecule has 0 aromatic heterocycles. The second-order valence-corrected chi connectivity index (χ2v) is 7.97. The zero-order valence-corrected chi connectivity index (χ0v) is 18.1. The number of ether oxygens (including phenoxy) is 2. The van der Waals surface area contributed by atoms with Crippen LogP contribution < -0.4 is 9.47 Å². The molecular formula is C19H22N2O6S2. The first-order chi connectivity index (χ1) is 13.6. The van der Waals surface area contributed by atoms with Crippen LogP contribution in [0.15, 0.2) is 23.1 Å². The number of aliphatic carboxylic acids is 1. The highest BCUT2D eigenvalue weighted by Crippen LogP contribution is 2.35. The first-order valence-corrected chi connectivity index (χ1v) is 9.98. The Hall–Kier alpha value is -2.59. The minimum Gasteiger partial charge on any atom is -0.490 e. The van der Waals surface area contributed by atoms with Crippen LogP contribution in [0, 0.1) is 0 Å². The van der Waals surface area contributed by atoms with E-state index in [0.717, 1.165) is 16.7 Å². The molecule has 1 atom stereocenters. The molecule has 10 heteroatoms. The second-order valence-electron chi connectivity index (χ2n) is 6.29. The third-order valence-corrected chi connectivity index (χ3v) is 5.20. The number of likely N-dealkylation sites (N-methyl/N-ethyl adjacent to an activating group) is 1. The number of carboxylic acids is 1. The van der Waals surface area contributed by atoms with Gasteiger partial charge in [0.05, 0.1) is 11.5 Å². The van der Waals surface area contributed by atoms with Crippen LogP contribution >= 0.6 is 24.0 Å². The Morgan fingerprint density at radius 3 is 2.62 bits per heavy atom. The predicted octanol–water partition coefficient (Wildman–Crippen LogP) is 2.23. The lowest BCUT2D eigenvalue weighted by atomic mass is 10.1. The van der Waals surface area contributed by atoms with Crippen LogP contribution in [-0.2, 0) is 14.4 Å². The molecule has 0 radical (unpaired) electrons. The second kappa shape index (κ2) is 9.75. The van der Waals surface area contributed by atoms with Gasteiger partial charge in [0, 0.05) is 14.1 Å². The molecule has 2 amide bonds. The smallest absolute Gasteiger partial charge is 0.323 e. The maximum Gasteiger partial charge on any atom is 0.323 e. The van der Waals surface area contributed by atoms with Crippen molar-refractivity contribution in [3.8, 4) is 11.5 Å². The third-order valence-electron chi connectivity index (χ3n) is 3.82. The topological polar surface area (TPSA) is 96.4 Å². The van der Waals surface area contributed by atoms with Crippen LogP contribution in [-0.4, -0.2) is 70.4 Å². The number of hydrogen-bond donors (Lipinski definition) is 1. The molecule has 1 aliphatic rings. The number of carboxylic acid groups (broad SMARTS) is 1. The maximum absolute atomic E-state index is 12.4. The van der Waals surface area contributed by atoms with Crippen LogP contribution in [0.4, 0.5) is 0 Å². The summed E-state index contributed by atoms with van der Waals surface area (Å²) in [4.78, 5) is 38.2. The van der Waals surface area contributed by atoms with Gasteiger partial charge in [-0.2, -0.15) is 0 Å². The summed E-state index contributed by atoms with van der Waals surface area (Å²) in [7, 11) is 3.30. The fourth-order valence-electron chi connectivity index (χ4n) is 2.51. The molecule has 2 rings (SSSR count). The molecule has 1 heterocycles. The van der Waals surface area contributed by atoms with Crippen molar-refractivity contribution in [3.05, 3.63) is 28.7 Å². The Morgan fingerprint density at radius 2 is 2.03 bits per heavy atom. The molecule has 0 bridgehead atoms. The minimum absolute atomic E-state index is 0.182. The normalized spacial score (nSPS) is 16.1. The number of benzene rings is 1. The molecule has 1 saturated heterocycles. The van der Waals surface area contributed by atoms with Gasteiger partial charge in [-0.15, -0.1) is 0 Å². The number of nitrogens with zero attached hydrogens (tertiary/aromatic N) is 2. The highest BCUT2D eigenvalue weighted by atomic mass is 32.2. The fourth-order valence-corrected chi connectivity index (χ4v) is 3.76. The number of carbonyl (C=O) groups excluding carboxylic acids is 2. The van der Waals surface area contributed by atoms with Crippen molar-refractivity contribution in [2.75, 3.05) is 27.2 Å². The van der Waals surface area contributed by atoms with Crippen LogP contribution in [0.3, 0.4) is 0 Å². The Kier molecular flexibility index (Phi) is 7.63. The standard InChI is InChI=1S/C19H22N2O6S2/c1-5-26-14-8-12(6-7-13(14)27-11(2)17(24)20(3)4)9-15-18(25)21(10-16(22)23)19(28)29-15/h6-9,11H,5,10H2,1-4H3,(H,22,23)/b15-9-. The van der Waals surface area contributed by atoms with E-state index in [-0.39, 0.29) is 10.2 Å². The molecule has 8 nitrogen and oxygen atoms in total. The van der Waals surface area contributed by atoms with Gasteiger partial charge in [-0.1, -0.05) is 30.0 Å². The first kappa shape index (κ1) is 22.7. The molecule has 1 aromatic rings. The van der Waals surface area contributed by atoms with Gasteiger partial charge in [-0.25, -0.2) is 0 Å². The summed E-state index contributed by atoms with van der Waals surface area (Å²) in [5, 5.41) is 8.92. The molecular weight excluding hydrogens is 416 g/mol. The number of thiocarbonyl (C=S) groups is 1. The Labute approximate surface area is 178 Å².